The smallest absolute Gasteiger partial charge is 0.167 e. The summed E-state index contributed by atoms with van der Waals surface area (Å²) in [5.41, 5.74) is 3.16. The van der Waals surface area contributed by atoms with Crippen molar-refractivity contribution in [3.63, 3.8) is 0 Å². The molecular weight excluding hydrogens is 274 g/mol. The second-order valence-corrected chi connectivity index (χ2v) is 4.84. The van der Waals surface area contributed by atoms with Gasteiger partial charge in [0.1, 0.15) is 5.75 Å². The van der Waals surface area contributed by atoms with Crippen LogP contribution in [0.4, 0.5) is 0 Å². The summed E-state index contributed by atoms with van der Waals surface area (Å²) in [7, 11) is 1.60. The summed E-state index contributed by atoms with van der Waals surface area (Å²) >= 11 is 6.07. The first-order valence-electron chi connectivity index (χ1n) is 6.14. The number of nitrogens with zero attached hydrogens (tertiary/aromatic N) is 1. The molecule has 0 atom stereocenters. The molecule has 0 aliphatic rings. The minimum absolute atomic E-state index is 0.584. The molecule has 3 nitrogen and oxygen atoms in total. The lowest BCUT2D eigenvalue weighted by atomic mass is 10.1. The van der Waals surface area contributed by atoms with E-state index < -0.39 is 0 Å². The van der Waals surface area contributed by atoms with Gasteiger partial charge in [-0.1, -0.05) is 17.7 Å². The summed E-state index contributed by atoms with van der Waals surface area (Å²) in [5.74, 6) is 0.688. The molecule has 2 heterocycles. The molecule has 0 bridgehead atoms. The summed E-state index contributed by atoms with van der Waals surface area (Å²) in [6, 6.07) is 13.1. The van der Waals surface area contributed by atoms with E-state index in [0.29, 0.717) is 16.5 Å². The molecule has 2 aromatic heterocycles. The van der Waals surface area contributed by atoms with Gasteiger partial charge in [-0.15, -0.1) is 0 Å². The van der Waals surface area contributed by atoms with Crippen molar-refractivity contribution < 1.29 is 9.53 Å². The van der Waals surface area contributed by atoms with E-state index in [1.54, 1.807) is 19.2 Å². The Balaban J connectivity index is 2.34. The summed E-state index contributed by atoms with van der Waals surface area (Å²) < 4.78 is 7.22. The Morgan fingerprint density at radius 3 is 2.75 bits per heavy atom. The predicted octanol–water partition coefficient (Wildman–Crippen LogP) is 4.08. The monoisotopic (exact) mass is 285 g/mol. The zero-order valence-corrected chi connectivity index (χ0v) is 11.6. The van der Waals surface area contributed by atoms with Crippen molar-refractivity contribution in [3.8, 4) is 16.9 Å². The number of methoxy groups -OCH3 is 1. The van der Waals surface area contributed by atoms with E-state index in [1.165, 1.54) is 0 Å². The Kier molecular flexibility index (Phi) is 3.20. The lowest BCUT2D eigenvalue weighted by Crippen LogP contribution is -1.93. The molecule has 20 heavy (non-hydrogen) atoms. The molecule has 0 aliphatic heterocycles. The maximum Gasteiger partial charge on any atom is 0.167 e. The summed E-state index contributed by atoms with van der Waals surface area (Å²) in [5, 5.41) is 0.605. The fourth-order valence-electron chi connectivity index (χ4n) is 2.37. The standard InChI is InChI=1S/C16H12ClNO2/c1-20-16-6-5-11(17)8-14(16)13-9-12-4-2-3-7-18(12)15(13)10-19/h2-10H,1H3. The molecule has 0 aliphatic carbocycles. The van der Waals surface area contributed by atoms with E-state index >= 15 is 0 Å². The molecular formula is C16H12ClNO2. The van der Waals surface area contributed by atoms with E-state index in [4.69, 9.17) is 16.3 Å². The van der Waals surface area contributed by atoms with Crippen molar-refractivity contribution in [2.24, 2.45) is 0 Å². The quantitative estimate of drug-likeness (QED) is 0.679. The highest BCUT2D eigenvalue weighted by molar-refractivity contribution is 6.31. The van der Waals surface area contributed by atoms with Gasteiger partial charge in [0.2, 0.25) is 0 Å². The van der Waals surface area contributed by atoms with Crippen molar-refractivity contribution in [2.75, 3.05) is 7.11 Å². The number of fused-ring (bicyclic) bond motifs is 1. The van der Waals surface area contributed by atoms with Gasteiger partial charge < -0.3 is 9.14 Å². The third kappa shape index (κ3) is 1.96. The minimum Gasteiger partial charge on any atom is -0.496 e. The summed E-state index contributed by atoms with van der Waals surface area (Å²) in [6.07, 6.45) is 2.71. The van der Waals surface area contributed by atoms with Crippen molar-refractivity contribution in [2.45, 2.75) is 0 Å². The second kappa shape index (κ2) is 5.02. The molecule has 0 radical (unpaired) electrons. The van der Waals surface area contributed by atoms with E-state index in [1.807, 2.05) is 40.9 Å². The van der Waals surface area contributed by atoms with Crippen LogP contribution in [0, 0.1) is 0 Å². The first-order chi connectivity index (χ1) is 9.74. The van der Waals surface area contributed by atoms with Crippen molar-refractivity contribution in [1.82, 2.24) is 4.40 Å². The van der Waals surface area contributed by atoms with Crippen LogP contribution in [0.3, 0.4) is 0 Å². The van der Waals surface area contributed by atoms with Crippen LogP contribution in [-0.4, -0.2) is 17.8 Å². The van der Waals surface area contributed by atoms with E-state index in [2.05, 4.69) is 0 Å². The molecule has 0 N–H and O–H groups in total. The molecule has 100 valence electrons. The molecule has 0 saturated heterocycles. The van der Waals surface area contributed by atoms with Crippen LogP contribution in [0.5, 0.6) is 5.75 Å². The number of ether oxygens (including phenoxy) is 1. The molecule has 0 saturated carbocycles. The SMILES string of the molecule is COc1ccc(Cl)cc1-c1cc2ccccn2c1C=O. The van der Waals surface area contributed by atoms with Crippen LogP contribution in [0.15, 0.2) is 48.7 Å². The van der Waals surface area contributed by atoms with E-state index in [-0.39, 0.29) is 0 Å². The number of pyridine rings is 1. The highest BCUT2D eigenvalue weighted by atomic mass is 35.5. The van der Waals surface area contributed by atoms with Gasteiger partial charge in [0.15, 0.2) is 6.29 Å². The lowest BCUT2D eigenvalue weighted by molar-refractivity contribution is 0.111. The topological polar surface area (TPSA) is 30.7 Å². The number of aromatic nitrogens is 1. The first-order valence-corrected chi connectivity index (χ1v) is 6.51. The molecule has 0 fully saturated rings. The first kappa shape index (κ1) is 12.8. The third-order valence-electron chi connectivity index (χ3n) is 3.28. The highest BCUT2D eigenvalue weighted by Gasteiger charge is 2.15. The number of aldehydes is 1. The second-order valence-electron chi connectivity index (χ2n) is 4.40. The molecule has 3 rings (SSSR count). The summed E-state index contributed by atoms with van der Waals surface area (Å²) in [4.78, 5) is 11.5. The predicted molar refractivity (Wildman–Crippen MR) is 79.8 cm³/mol. The summed E-state index contributed by atoms with van der Waals surface area (Å²) in [6.45, 7) is 0. The van der Waals surface area contributed by atoms with Crippen LogP contribution >= 0.6 is 11.6 Å². The molecule has 0 spiro atoms. The van der Waals surface area contributed by atoms with Gasteiger partial charge in [-0.2, -0.15) is 0 Å². The fraction of sp³-hybridized carbons (Fsp3) is 0.0625. The Morgan fingerprint density at radius 2 is 2.00 bits per heavy atom. The Labute approximate surface area is 121 Å². The van der Waals surface area contributed by atoms with Crippen LogP contribution in [0.1, 0.15) is 10.5 Å². The van der Waals surface area contributed by atoms with Gasteiger partial charge in [-0.3, -0.25) is 4.79 Å². The largest absolute Gasteiger partial charge is 0.496 e. The van der Waals surface area contributed by atoms with Crippen LogP contribution in [-0.2, 0) is 0 Å². The number of carbonyl (C=O) groups excluding carboxylic acids is 1. The Morgan fingerprint density at radius 1 is 1.15 bits per heavy atom. The van der Waals surface area contributed by atoms with E-state index in [9.17, 15) is 4.79 Å². The average Bonchev–Trinajstić information content (AvgIpc) is 2.85. The molecule has 4 heteroatoms. The number of rotatable bonds is 3. The molecule has 0 unspecified atom stereocenters. The van der Waals surface area contributed by atoms with Crippen LogP contribution in [0.2, 0.25) is 5.02 Å². The number of halogens is 1. The van der Waals surface area contributed by atoms with Crippen molar-refractivity contribution in [3.05, 3.63) is 59.4 Å². The van der Waals surface area contributed by atoms with E-state index in [0.717, 1.165) is 22.9 Å². The van der Waals surface area contributed by atoms with Gasteiger partial charge in [0, 0.05) is 27.9 Å². The maximum absolute atomic E-state index is 11.5. The normalized spacial score (nSPS) is 10.7. The van der Waals surface area contributed by atoms with Gasteiger partial charge in [0.05, 0.1) is 12.8 Å². The average molecular weight is 286 g/mol. The highest BCUT2D eigenvalue weighted by Crippen LogP contribution is 2.35. The zero-order chi connectivity index (χ0) is 14.1. The molecule has 3 aromatic rings. The number of hydrogen-bond donors (Lipinski definition) is 0. The third-order valence-corrected chi connectivity index (χ3v) is 3.52. The molecule has 1 aromatic carbocycles. The number of carbonyl (C=O) groups is 1. The van der Waals surface area contributed by atoms with Gasteiger partial charge in [-0.05, 0) is 36.4 Å². The number of hydrogen-bond acceptors (Lipinski definition) is 2. The van der Waals surface area contributed by atoms with Gasteiger partial charge >= 0.3 is 0 Å². The van der Waals surface area contributed by atoms with Gasteiger partial charge in [0.25, 0.3) is 0 Å². The number of benzene rings is 1. The Hall–Kier alpha value is -2.26. The lowest BCUT2D eigenvalue weighted by Gasteiger charge is -2.08. The maximum atomic E-state index is 11.5. The van der Waals surface area contributed by atoms with Crippen LogP contribution < -0.4 is 4.74 Å². The molecule has 0 amide bonds. The fourth-order valence-corrected chi connectivity index (χ4v) is 2.54. The van der Waals surface area contributed by atoms with Crippen molar-refractivity contribution >= 4 is 23.4 Å². The zero-order valence-electron chi connectivity index (χ0n) is 10.8. The van der Waals surface area contributed by atoms with Crippen LogP contribution in [0.25, 0.3) is 16.6 Å². The van der Waals surface area contributed by atoms with Crippen molar-refractivity contribution in [1.29, 1.82) is 0 Å². The van der Waals surface area contributed by atoms with Gasteiger partial charge in [-0.25, -0.2) is 0 Å². The minimum atomic E-state index is 0.584. The Bertz CT molecular complexity index is 792.